The number of hydrogen-bond donors (Lipinski definition) is 16. The third-order valence-corrected chi connectivity index (χ3v) is 22.1. The van der Waals surface area contributed by atoms with E-state index in [0.717, 1.165) is 44.9 Å². The number of rotatable bonds is 14. The molecule has 7 aliphatic heterocycles. The van der Waals surface area contributed by atoms with Crippen molar-refractivity contribution in [2.45, 2.75) is 257 Å². The van der Waals surface area contributed by atoms with E-state index in [1.807, 2.05) is 0 Å². The first-order chi connectivity index (χ1) is 39.9. The Labute approximate surface area is 486 Å². The second kappa shape index (κ2) is 25.2. The molecule has 0 aromatic rings. The number of aliphatic hydroxyl groups is 16. The number of hydrogen-bond acceptors (Lipinski definition) is 28. The van der Waals surface area contributed by atoms with Crippen molar-refractivity contribution in [3.63, 3.8) is 0 Å². The quantitative estimate of drug-likeness (QED) is 0.0722. The maximum absolute atomic E-state index is 12.3. The molecule has 0 bridgehead atoms. The first-order valence-electron chi connectivity index (χ1n) is 30.4. The summed E-state index contributed by atoms with van der Waals surface area (Å²) in [5, 5.41) is 176. The van der Waals surface area contributed by atoms with E-state index in [2.05, 4.69) is 27.7 Å². The fraction of sp³-hybridized carbons (Fsp3) is 1.00. The minimum absolute atomic E-state index is 0.0752. The molecule has 4 aliphatic carbocycles. The molecule has 0 amide bonds. The Kier molecular flexibility index (Phi) is 19.3. The molecule has 84 heavy (non-hydrogen) atoms. The minimum Gasteiger partial charge on any atom is -0.394 e. The van der Waals surface area contributed by atoms with Gasteiger partial charge in [-0.05, 0) is 91.8 Å². The van der Waals surface area contributed by atoms with Gasteiger partial charge in [-0.2, -0.15) is 0 Å². The van der Waals surface area contributed by atoms with Crippen molar-refractivity contribution in [2.24, 2.45) is 52.3 Å². The Hall–Kier alpha value is -1.12. The molecule has 28 heteroatoms. The fourth-order valence-corrected chi connectivity index (χ4v) is 17.4. The molecule has 11 rings (SSSR count). The molecule has 37 atom stereocenters. The highest BCUT2D eigenvalue weighted by Crippen LogP contribution is 2.71. The van der Waals surface area contributed by atoms with Crippen molar-refractivity contribution < 1.29 is 139 Å². The van der Waals surface area contributed by atoms with Gasteiger partial charge in [0.25, 0.3) is 0 Å². The predicted octanol–water partition coefficient (Wildman–Crippen LogP) is -5.48. The van der Waals surface area contributed by atoms with Gasteiger partial charge in [-0.25, -0.2) is 0 Å². The van der Waals surface area contributed by atoms with E-state index < -0.39 is 198 Å². The van der Waals surface area contributed by atoms with E-state index in [0.29, 0.717) is 37.2 Å². The summed E-state index contributed by atoms with van der Waals surface area (Å²) in [7, 11) is 0. The summed E-state index contributed by atoms with van der Waals surface area (Å²) in [4.78, 5) is 0. The smallest absolute Gasteiger partial charge is 0.187 e. The van der Waals surface area contributed by atoms with Gasteiger partial charge in [-0.15, -0.1) is 0 Å². The van der Waals surface area contributed by atoms with Gasteiger partial charge < -0.3 is 139 Å². The summed E-state index contributed by atoms with van der Waals surface area (Å²) >= 11 is 0. The topological polar surface area (TPSA) is 434 Å². The van der Waals surface area contributed by atoms with Crippen LogP contribution in [0.4, 0.5) is 0 Å². The monoisotopic (exact) mass is 1210 g/mol. The van der Waals surface area contributed by atoms with Crippen molar-refractivity contribution in [3.8, 4) is 0 Å². The zero-order valence-corrected chi connectivity index (χ0v) is 47.8. The summed E-state index contributed by atoms with van der Waals surface area (Å²) < 4.78 is 73.1. The first kappa shape index (κ1) is 64.4. The van der Waals surface area contributed by atoms with E-state index >= 15 is 0 Å². The van der Waals surface area contributed by atoms with Crippen LogP contribution in [0.3, 0.4) is 0 Å². The third-order valence-electron chi connectivity index (χ3n) is 22.1. The van der Waals surface area contributed by atoms with Crippen LogP contribution in [0.1, 0.15) is 85.5 Å². The molecule has 28 nitrogen and oxygen atoms in total. The average Bonchev–Trinajstić information content (AvgIpc) is 1.82. The van der Waals surface area contributed by atoms with Gasteiger partial charge in [0.05, 0.1) is 58.0 Å². The largest absolute Gasteiger partial charge is 0.394 e. The maximum atomic E-state index is 12.3. The molecular weight excluding hydrogens is 1120 g/mol. The molecular formula is C56H92O28. The second-order valence-corrected chi connectivity index (χ2v) is 26.8. The molecule has 4 saturated carbocycles. The van der Waals surface area contributed by atoms with Crippen molar-refractivity contribution in [1.29, 1.82) is 0 Å². The van der Waals surface area contributed by atoms with E-state index in [1.54, 1.807) is 0 Å². The molecule has 484 valence electrons. The zero-order valence-electron chi connectivity index (χ0n) is 47.8. The Morgan fingerprint density at radius 1 is 0.440 bits per heavy atom. The average molecular weight is 1210 g/mol. The van der Waals surface area contributed by atoms with Crippen LogP contribution >= 0.6 is 0 Å². The van der Waals surface area contributed by atoms with Gasteiger partial charge in [-0.3, -0.25) is 0 Å². The van der Waals surface area contributed by atoms with Crippen LogP contribution in [0.15, 0.2) is 0 Å². The Bertz CT molecular complexity index is 2180. The lowest BCUT2D eigenvalue weighted by molar-refractivity contribution is -0.409. The minimum atomic E-state index is -2.19. The Morgan fingerprint density at radius 3 is 1.67 bits per heavy atom. The zero-order chi connectivity index (χ0) is 60.2. The Morgan fingerprint density at radius 2 is 1.00 bits per heavy atom. The molecule has 1 spiro atoms. The summed E-state index contributed by atoms with van der Waals surface area (Å²) in [5.74, 6) is 1.11. The lowest BCUT2D eigenvalue weighted by atomic mass is 9.44. The van der Waals surface area contributed by atoms with Crippen LogP contribution in [0, 0.1) is 52.3 Å². The molecule has 37 unspecified atom stereocenters. The number of fused-ring (bicyclic) bond motifs is 7. The standard InChI is InChI=1S/C56H92O28/c1-20-7-12-56(74-18-20)21(2)31-45(84-56)37(66)32-24-6-5-22-13-23(8-10-54(22,3)25(24)9-11-55(31,32)4)75-50-42(71)39(68)44(30(17-60)79-50)80-53-48(47(36(65)29(16-59)78-53)82-49-40(69)33(62)26(61)19-73-49)83-52-43(72)46(35(64)28(15-58)77-52)81-51-41(70)38(67)34(63)27(14-57)76-51/h20-53,57-72H,5-19H2,1-4H3. The van der Waals surface area contributed by atoms with E-state index in [9.17, 15) is 81.7 Å². The fourth-order valence-electron chi connectivity index (χ4n) is 17.4. The highest BCUT2D eigenvalue weighted by Gasteiger charge is 2.73. The van der Waals surface area contributed by atoms with Crippen LogP contribution in [0.5, 0.6) is 0 Å². The van der Waals surface area contributed by atoms with Crippen molar-refractivity contribution in [1.82, 2.24) is 0 Å². The summed E-state index contributed by atoms with van der Waals surface area (Å²) in [5.41, 5.74) is -0.182. The summed E-state index contributed by atoms with van der Waals surface area (Å²) in [6, 6.07) is 0. The van der Waals surface area contributed by atoms with Gasteiger partial charge in [0.1, 0.15) is 116 Å². The lowest BCUT2D eigenvalue weighted by Gasteiger charge is -2.61. The van der Waals surface area contributed by atoms with Gasteiger partial charge in [0.2, 0.25) is 0 Å². The van der Waals surface area contributed by atoms with Crippen molar-refractivity contribution in [2.75, 3.05) is 39.6 Å². The van der Waals surface area contributed by atoms with Crippen LogP contribution in [0.2, 0.25) is 0 Å². The molecule has 0 aromatic heterocycles. The molecule has 0 aromatic carbocycles. The van der Waals surface area contributed by atoms with E-state index in [4.69, 9.17) is 56.8 Å². The third kappa shape index (κ3) is 11.1. The van der Waals surface area contributed by atoms with Crippen LogP contribution in [-0.4, -0.2) is 293 Å². The van der Waals surface area contributed by atoms with Crippen molar-refractivity contribution in [3.05, 3.63) is 0 Å². The van der Waals surface area contributed by atoms with Crippen molar-refractivity contribution >= 4 is 0 Å². The van der Waals surface area contributed by atoms with Gasteiger partial charge in [0.15, 0.2) is 37.2 Å². The van der Waals surface area contributed by atoms with Gasteiger partial charge >= 0.3 is 0 Å². The van der Waals surface area contributed by atoms with Crippen LogP contribution in [0.25, 0.3) is 0 Å². The second-order valence-electron chi connectivity index (χ2n) is 26.8. The molecule has 16 N–H and O–H groups in total. The maximum Gasteiger partial charge on any atom is 0.187 e. The Balaban J connectivity index is 0.787. The molecule has 0 radical (unpaired) electrons. The SMILES string of the molecule is CC1CCC2(OC1)OC1C(O)C3C4CCC5CC(OC6OC(CO)C(OC7OC(CO)C(O)C(OC8OCC(O)C(O)C8O)C7OC7OC(CO)C(O)C(OC8OC(CO)C(O)C(O)C8O)C7O)C(O)C6O)CCC5(C)C4CCC3(C)C1C2C. The molecule has 11 aliphatic rings. The summed E-state index contributed by atoms with van der Waals surface area (Å²) in [6.45, 7) is 5.62. The normalized spacial score (nSPS) is 57.7. The predicted molar refractivity (Wildman–Crippen MR) is 276 cm³/mol. The molecule has 7 saturated heterocycles. The number of ether oxygens (including phenoxy) is 12. The molecule has 7 heterocycles. The van der Waals surface area contributed by atoms with Gasteiger partial charge in [0, 0.05) is 18.3 Å². The van der Waals surface area contributed by atoms with Gasteiger partial charge in [-0.1, -0.05) is 27.7 Å². The van der Waals surface area contributed by atoms with E-state index in [1.165, 1.54) is 0 Å². The van der Waals surface area contributed by atoms with Crippen LogP contribution < -0.4 is 0 Å². The molecule has 11 fully saturated rings. The highest BCUT2D eigenvalue weighted by molar-refractivity contribution is 5.19. The highest BCUT2D eigenvalue weighted by atomic mass is 16.8. The number of aliphatic hydroxyl groups excluding tert-OH is 16. The van der Waals surface area contributed by atoms with Crippen LogP contribution in [-0.2, 0) is 56.8 Å². The lowest BCUT2D eigenvalue weighted by Crippen LogP contribution is -2.69. The summed E-state index contributed by atoms with van der Waals surface area (Å²) in [6.07, 6.45) is -38.1. The van der Waals surface area contributed by atoms with E-state index in [-0.39, 0.29) is 40.6 Å². The first-order valence-corrected chi connectivity index (χ1v) is 30.4.